The number of hydrogen-bond donors (Lipinski definition) is 3. The monoisotopic (exact) mass is 401 g/mol. The van der Waals surface area contributed by atoms with Crippen LogP contribution in [-0.2, 0) is 20.7 Å². The van der Waals surface area contributed by atoms with Crippen molar-refractivity contribution < 1.29 is 24.2 Å². The first-order chi connectivity index (χ1) is 13.7. The zero-order chi connectivity index (χ0) is 21.2. The average Bonchev–Trinajstić information content (AvgIpc) is 3.01. The number of fused-ring (bicyclic) bond motifs is 3. The predicted molar refractivity (Wildman–Crippen MR) is 108 cm³/mol. The van der Waals surface area contributed by atoms with Crippen LogP contribution >= 0.6 is 0 Å². The van der Waals surface area contributed by atoms with E-state index in [-0.39, 0.29) is 24.9 Å². The van der Waals surface area contributed by atoms with Crippen LogP contribution in [0.2, 0.25) is 0 Å². The average molecular weight is 401 g/mol. The number of nitrogens with zero attached hydrogens (tertiary/aromatic N) is 1. The molecule has 8 heteroatoms. The van der Waals surface area contributed by atoms with E-state index in [1.165, 1.54) is 0 Å². The lowest BCUT2D eigenvalue weighted by atomic mass is 9.94. The number of carboxylic acids is 1. The number of aromatic nitrogens is 1. The topological polar surface area (TPSA) is 112 Å². The first kappa shape index (κ1) is 20.7. The molecule has 3 N–H and O–H groups in total. The van der Waals surface area contributed by atoms with Crippen molar-refractivity contribution in [3.63, 3.8) is 0 Å². The highest BCUT2D eigenvalue weighted by molar-refractivity contribution is 5.87. The maximum Gasteiger partial charge on any atom is 0.408 e. The normalized spacial score (nSPS) is 16.4. The van der Waals surface area contributed by atoms with E-state index in [0.717, 1.165) is 22.2 Å². The lowest BCUT2D eigenvalue weighted by molar-refractivity contribution is -0.139. The molecule has 2 amide bonds. The number of aromatic amines is 1. The minimum absolute atomic E-state index is 0.0528. The summed E-state index contributed by atoms with van der Waals surface area (Å²) in [5.41, 5.74) is 2.32. The summed E-state index contributed by atoms with van der Waals surface area (Å²) in [6, 6.07) is 7.52. The van der Waals surface area contributed by atoms with Gasteiger partial charge in [-0.25, -0.2) is 4.79 Å². The van der Waals surface area contributed by atoms with Crippen LogP contribution in [0.25, 0.3) is 10.9 Å². The van der Waals surface area contributed by atoms with Crippen LogP contribution in [0.3, 0.4) is 0 Å². The van der Waals surface area contributed by atoms with Crippen molar-refractivity contribution >= 4 is 28.9 Å². The number of H-pyrrole nitrogens is 1. The third-order valence-corrected chi connectivity index (χ3v) is 4.89. The number of rotatable bonds is 5. The molecular formula is C21H27N3O5. The molecule has 0 fully saturated rings. The smallest absolute Gasteiger partial charge is 0.408 e. The van der Waals surface area contributed by atoms with Crippen molar-refractivity contribution in [2.24, 2.45) is 0 Å². The summed E-state index contributed by atoms with van der Waals surface area (Å²) in [5.74, 6) is -1.18. The molecule has 2 heterocycles. The fraction of sp³-hybridized carbons (Fsp3) is 0.476. The van der Waals surface area contributed by atoms with Crippen LogP contribution < -0.4 is 5.32 Å². The van der Waals surface area contributed by atoms with Crippen LogP contribution in [0.5, 0.6) is 0 Å². The third kappa shape index (κ3) is 4.88. The van der Waals surface area contributed by atoms with Crippen molar-refractivity contribution in [1.29, 1.82) is 0 Å². The molecule has 2 aromatic rings. The van der Waals surface area contributed by atoms with E-state index in [4.69, 9.17) is 9.84 Å². The second-order valence-corrected chi connectivity index (χ2v) is 8.20. The summed E-state index contributed by atoms with van der Waals surface area (Å²) in [5, 5.41) is 12.7. The van der Waals surface area contributed by atoms with Gasteiger partial charge in [0.05, 0.1) is 6.04 Å². The van der Waals surface area contributed by atoms with Gasteiger partial charge < -0.3 is 25.0 Å². The minimum Gasteiger partial charge on any atom is -0.481 e. The molecule has 0 saturated heterocycles. The standard InChI is InChI=1S/C21H27N3O5/c1-21(2,3)29-20(28)22-12-17(25)24-11-10-14-13-6-4-5-7-15(13)23-19(14)16(24)8-9-18(26)27/h4-7,16,23H,8-12H2,1-3H3,(H,22,28)(H,26,27). The number of nitrogens with one attached hydrogen (secondary N) is 2. The van der Waals surface area contributed by atoms with E-state index in [1.54, 1.807) is 25.7 Å². The van der Waals surface area contributed by atoms with Gasteiger partial charge in [-0.2, -0.15) is 0 Å². The van der Waals surface area contributed by atoms with Crippen molar-refractivity contribution in [2.45, 2.75) is 51.7 Å². The van der Waals surface area contributed by atoms with Gasteiger partial charge >= 0.3 is 12.1 Å². The lowest BCUT2D eigenvalue weighted by Crippen LogP contribution is -2.46. The van der Waals surface area contributed by atoms with Gasteiger partial charge in [-0.1, -0.05) is 18.2 Å². The van der Waals surface area contributed by atoms with Crippen LogP contribution in [-0.4, -0.2) is 51.7 Å². The maximum absolute atomic E-state index is 12.8. The van der Waals surface area contributed by atoms with Gasteiger partial charge in [0.15, 0.2) is 0 Å². The van der Waals surface area contributed by atoms with Gasteiger partial charge in [-0.3, -0.25) is 9.59 Å². The molecule has 0 radical (unpaired) electrons. The lowest BCUT2D eigenvalue weighted by Gasteiger charge is -2.36. The van der Waals surface area contributed by atoms with Crippen molar-refractivity contribution in [3.8, 4) is 0 Å². The molecule has 1 aliphatic rings. The summed E-state index contributed by atoms with van der Waals surface area (Å²) in [6.07, 6.45) is 0.258. The molecule has 0 aliphatic carbocycles. The summed E-state index contributed by atoms with van der Waals surface area (Å²) in [7, 11) is 0. The number of amides is 2. The molecule has 1 aromatic carbocycles. The van der Waals surface area contributed by atoms with Crippen molar-refractivity contribution in [1.82, 2.24) is 15.2 Å². The highest BCUT2D eigenvalue weighted by Gasteiger charge is 2.33. The second-order valence-electron chi connectivity index (χ2n) is 8.20. The Hall–Kier alpha value is -3.03. The molecule has 1 atom stereocenters. The largest absolute Gasteiger partial charge is 0.481 e. The maximum atomic E-state index is 12.8. The first-order valence-corrected chi connectivity index (χ1v) is 9.73. The molecule has 8 nitrogen and oxygen atoms in total. The molecule has 1 aliphatic heterocycles. The zero-order valence-corrected chi connectivity index (χ0v) is 16.9. The molecule has 3 rings (SSSR count). The zero-order valence-electron chi connectivity index (χ0n) is 16.9. The Balaban J connectivity index is 1.79. The first-order valence-electron chi connectivity index (χ1n) is 9.73. The Bertz CT molecular complexity index is 928. The number of hydrogen-bond acceptors (Lipinski definition) is 4. The van der Waals surface area contributed by atoms with Crippen molar-refractivity contribution in [3.05, 3.63) is 35.5 Å². The summed E-state index contributed by atoms with van der Waals surface area (Å²) in [6.45, 7) is 5.51. The Morgan fingerprint density at radius 2 is 2.00 bits per heavy atom. The quantitative estimate of drug-likeness (QED) is 0.713. The minimum atomic E-state index is -0.910. The van der Waals surface area contributed by atoms with Gasteiger partial charge in [0.1, 0.15) is 12.1 Å². The summed E-state index contributed by atoms with van der Waals surface area (Å²) >= 11 is 0. The van der Waals surface area contributed by atoms with Gasteiger partial charge in [-0.05, 0) is 45.2 Å². The van der Waals surface area contributed by atoms with E-state index in [9.17, 15) is 14.4 Å². The van der Waals surface area contributed by atoms with Crippen LogP contribution in [0, 0.1) is 0 Å². The number of ether oxygens (including phenoxy) is 1. The Morgan fingerprint density at radius 1 is 1.28 bits per heavy atom. The van der Waals surface area contributed by atoms with E-state index in [1.807, 2.05) is 24.3 Å². The summed E-state index contributed by atoms with van der Waals surface area (Å²) in [4.78, 5) is 40.9. The molecule has 1 unspecified atom stereocenters. The molecule has 0 bridgehead atoms. The third-order valence-electron chi connectivity index (χ3n) is 4.89. The van der Waals surface area contributed by atoms with E-state index in [2.05, 4.69) is 10.3 Å². The van der Waals surface area contributed by atoms with Crippen LogP contribution in [0.4, 0.5) is 4.79 Å². The van der Waals surface area contributed by atoms with Gasteiger partial charge in [0.25, 0.3) is 0 Å². The van der Waals surface area contributed by atoms with Crippen LogP contribution in [0.1, 0.15) is 50.9 Å². The van der Waals surface area contributed by atoms with E-state index >= 15 is 0 Å². The molecule has 29 heavy (non-hydrogen) atoms. The Morgan fingerprint density at radius 3 is 2.69 bits per heavy atom. The number of carbonyl (C=O) groups is 3. The number of alkyl carbamates (subject to hydrolysis) is 1. The molecular weight excluding hydrogens is 374 g/mol. The number of para-hydroxylation sites is 1. The SMILES string of the molecule is CC(C)(C)OC(=O)NCC(=O)N1CCc2c([nH]c3ccccc23)C1CCC(=O)O. The number of aliphatic carboxylic acids is 1. The van der Waals surface area contributed by atoms with Gasteiger partial charge in [0.2, 0.25) is 5.91 Å². The van der Waals surface area contributed by atoms with Gasteiger partial charge in [0, 0.05) is 29.6 Å². The summed E-state index contributed by atoms with van der Waals surface area (Å²) < 4.78 is 5.17. The van der Waals surface area contributed by atoms with E-state index < -0.39 is 17.7 Å². The molecule has 156 valence electrons. The van der Waals surface area contributed by atoms with Crippen molar-refractivity contribution in [2.75, 3.05) is 13.1 Å². The Kier molecular flexibility index (Phi) is 5.81. The predicted octanol–water partition coefficient (Wildman–Crippen LogP) is 2.98. The van der Waals surface area contributed by atoms with Gasteiger partial charge in [-0.15, -0.1) is 0 Å². The highest BCUT2D eigenvalue weighted by atomic mass is 16.6. The molecule has 0 spiro atoms. The Labute approximate surface area is 169 Å². The van der Waals surface area contributed by atoms with Crippen LogP contribution in [0.15, 0.2) is 24.3 Å². The molecule has 1 aromatic heterocycles. The second kappa shape index (κ2) is 8.14. The number of carbonyl (C=O) groups excluding carboxylic acids is 2. The van der Waals surface area contributed by atoms with E-state index in [0.29, 0.717) is 19.4 Å². The fourth-order valence-corrected chi connectivity index (χ4v) is 3.74. The highest BCUT2D eigenvalue weighted by Crippen LogP contribution is 2.36. The fourth-order valence-electron chi connectivity index (χ4n) is 3.74. The number of benzene rings is 1. The number of carboxylic acid groups (broad SMARTS) is 1. The molecule has 0 saturated carbocycles.